The number of piperazine rings is 1. The van der Waals surface area contributed by atoms with Crippen LogP contribution in [0, 0.1) is 6.92 Å². The molecule has 0 N–H and O–H groups in total. The van der Waals surface area contributed by atoms with Crippen LogP contribution in [0.1, 0.15) is 5.82 Å². The molecule has 146 valence electrons. The maximum absolute atomic E-state index is 12.9. The molecule has 0 aliphatic carbocycles. The first kappa shape index (κ1) is 18.9. The first-order chi connectivity index (χ1) is 13.4. The summed E-state index contributed by atoms with van der Waals surface area (Å²) in [6.45, 7) is 3.67. The van der Waals surface area contributed by atoms with E-state index in [2.05, 4.69) is 19.9 Å². The molecule has 1 aromatic carbocycles. The predicted molar refractivity (Wildman–Crippen MR) is 106 cm³/mol. The number of sulfonamides is 1. The Bertz CT molecular complexity index is 1080. The molecule has 1 aliphatic heterocycles. The average Bonchev–Trinajstić information content (AvgIpc) is 3.22. The van der Waals surface area contributed by atoms with Gasteiger partial charge in [-0.3, -0.25) is 4.57 Å². The summed E-state index contributed by atoms with van der Waals surface area (Å²) >= 11 is 5.95. The van der Waals surface area contributed by atoms with E-state index in [0.717, 1.165) is 11.6 Å². The summed E-state index contributed by atoms with van der Waals surface area (Å²) in [6.07, 6.45) is 5.19. The lowest BCUT2D eigenvalue weighted by molar-refractivity contribution is 0.383. The number of aryl methyl sites for hydroxylation is 1. The molecule has 0 radical (unpaired) electrons. The fraction of sp³-hybridized carbons (Fsp3) is 0.278. The molecule has 3 aromatic rings. The molecule has 0 spiro atoms. The van der Waals surface area contributed by atoms with Gasteiger partial charge in [0.15, 0.2) is 0 Å². The van der Waals surface area contributed by atoms with Crippen LogP contribution in [-0.4, -0.2) is 58.4 Å². The van der Waals surface area contributed by atoms with Gasteiger partial charge in [-0.15, -0.1) is 0 Å². The first-order valence-electron chi connectivity index (χ1n) is 8.78. The number of rotatable bonds is 4. The maximum Gasteiger partial charge on any atom is 0.243 e. The third-order valence-corrected chi connectivity index (χ3v) is 6.71. The van der Waals surface area contributed by atoms with Crippen molar-refractivity contribution in [1.82, 2.24) is 23.8 Å². The highest BCUT2D eigenvalue weighted by atomic mass is 35.5. The fourth-order valence-corrected chi connectivity index (χ4v) is 4.88. The van der Waals surface area contributed by atoms with Crippen molar-refractivity contribution >= 4 is 27.4 Å². The summed E-state index contributed by atoms with van der Waals surface area (Å²) in [5, 5.41) is 0.406. The zero-order valence-electron chi connectivity index (χ0n) is 15.2. The van der Waals surface area contributed by atoms with Gasteiger partial charge in [-0.1, -0.05) is 17.7 Å². The molecule has 0 bridgehead atoms. The Morgan fingerprint density at radius 3 is 2.46 bits per heavy atom. The van der Waals surface area contributed by atoms with E-state index >= 15 is 0 Å². The number of nitrogens with zero attached hydrogens (tertiary/aromatic N) is 6. The van der Waals surface area contributed by atoms with Gasteiger partial charge in [-0.05, 0) is 25.1 Å². The lowest BCUT2D eigenvalue weighted by Crippen LogP contribution is -2.49. The van der Waals surface area contributed by atoms with Crippen LogP contribution in [-0.2, 0) is 10.0 Å². The Kier molecular flexibility index (Phi) is 5.05. The Labute approximate surface area is 168 Å². The van der Waals surface area contributed by atoms with Gasteiger partial charge in [-0.25, -0.2) is 23.4 Å². The molecule has 28 heavy (non-hydrogen) atoms. The molecular formula is C18H19ClN6O2S. The molecule has 1 aliphatic rings. The normalized spacial score (nSPS) is 15.7. The highest BCUT2D eigenvalue weighted by molar-refractivity contribution is 7.89. The Morgan fingerprint density at radius 1 is 1.04 bits per heavy atom. The smallest absolute Gasteiger partial charge is 0.243 e. The summed E-state index contributed by atoms with van der Waals surface area (Å²) in [6, 6.07) is 8.24. The summed E-state index contributed by atoms with van der Waals surface area (Å²) in [7, 11) is -3.56. The first-order valence-corrected chi connectivity index (χ1v) is 10.6. The highest BCUT2D eigenvalue weighted by Gasteiger charge is 2.29. The van der Waals surface area contributed by atoms with Gasteiger partial charge in [0.2, 0.25) is 10.0 Å². The van der Waals surface area contributed by atoms with Crippen molar-refractivity contribution in [2.24, 2.45) is 0 Å². The van der Waals surface area contributed by atoms with Crippen molar-refractivity contribution in [1.29, 1.82) is 0 Å². The molecular weight excluding hydrogens is 400 g/mol. The van der Waals surface area contributed by atoms with Gasteiger partial charge in [0, 0.05) is 49.7 Å². The number of hydrogen-bond donors (Lipinski definition) is 0. The zero-order chi connectivity index (χ0) is 19.7. The Hall–Kier alpha value is -2.49. The van der Waals surface area contributed by atoms with E-state index in [1.807, 2.05) is 23.8 Å². The van der Waals surface area contributed by atoms with E-state index in [-0.39, 0.29) is 4.90 Å². The minimum absolute atomic E-state index is 0.216. The van der Waals surface area contributed by atoms with Gasteiger partial charge in [-0.2, -0.15) is 4.31 Å². The highest BCUT2D eigenvalue weighted by Crippen LogP contribution is 2.23. The molecule has 8 nitrogen and oxygen atoms in total. The van der Waals surface area contributed by atoms with Gasteiger partial charge in [0.05, 0.1) is 4.90 Å². The van der Waals surface area contributed by atoms with Crippen LogP contribution < -0.4 is 4.90 Å². The van der Waals surface area contributed by atoms with Crippen LogP contribution in [0.15, 0.2) is 53.9 Å². The number of imidazole rings is 1. The quantitative estimate of drug-likeness (QED) is 0.645. The largest absolute Gasteiger partial charge is 0.354 e. The average molecular weight is 419 g/mol. The summed E-state index contributed by atoms with van der Waals surface area (Å²) in [5.41, 5.74) is 0. The minimum Gasteiger partial charge on any atom is -0.354 e. The second kappa shape index (κ2) is 7.50. The van der Waals surface area contributed by atoms with Crippen LogP contribution >= 0.6 is 11.6 Å². The van der Waals surface area contributed by atoms with Gasteiger partial charge in [0.25, 0.3) is 0 Å². The second-order valence-corrected chi connectivity index (χ2v) is 8.82. The third-order valence-electron chi connectivity index (χ3n) is 4.58. The Morgan fingerprint density at radius 2 is 1.79 bits per heavy atom. The number of aromatic nitrogens is 4. The molecule has 0 atom stereocenters. The van der Waals surface area contributed by atoms with Crippen molar-refractivity contribution in [2.75, 3.05) is 31.1 Å². The molecule has 0 saturated carbocycles. The summed E-state index contributed by atoms with van der Waals surface area (Å²) in [4.78, 5) is 15.3. The molecule has 10 heteroatoms. The molecule has 1 fully saturated rings. The molecule has 0 unspecified atom stereocenters. The van der Waals surface area contributed by atoms with E-state index < -0.39 is 10.0 Å². The Balaban J connectivity index is 1.52. The molecule has 0 amide bonds. The lowest BCUT2D eigenvalue weighted by atomic mass is 10.3. The van der Waals surface area contributed by atoms with Gasteiger partial charge in [0.1, 0.15) is 23.8 Å². The molecule has 1 saturated heterocycles. The standard InChI is InChI=1S/C18H19ClN6O2S/c1-14-21-17(12-18(22-14)24-6-5-20-13-24)23-7-9-25(10-8-23)28(26,27)16-4-2-3-15(19)11-16/h2-6,11-13H,7-10H2,1H3. The zero-order valence-corrected chi connectivity index (χ0v) is 16.8. The van der Waals surface area contributed by atoms with Crippen molar-refractivity contribution in [3.63, 3.8) is 0 Å². The van der Waals surface area contributed by atoms with E-state index in [1.165, 1.54) is 10.4 Å². The second-order valence-electron chi connectivity index (χ2n) is 6.45. The molecule has 3 heterocycles. The van der Waals surface area contributed by atoms with Crippen LogP contribution in [0.4, 0.5) is 5.82 Å². The topological polar surface area (TPSA) is 84.2 Å². The summed E-state index contributed by atoms with van der Waals surface area (Å²) in [5.74, 6) is 2.15. The fourth-order valence-electron chi connectivity index (χ4n) is 3.16. The third kappa shape index (κ3) is 3.73. The number of hydrogen-bond acceptors (Lipinski definition) is 6. The van der Waals surface area contributed by atoms with E-state index in [0.29, 0.717) is 37.0 Å². The van der Waals surface area contributed by atoms with Crippen molar-refractivity contribution < 1.29 is 8.42 Å². The lowest BCUT2D eigenvalue weighted by Gasteiger charge is -2.34. The van der Waals surface area contributed by atoms with Crippen LogP contribution in [0.5, 0.6) is 0 Å². The van der Waals surface area contributed by atoms with Crippen LogP contribution in [0.2, 0.25) is 5.02 Å². The predicted octanol–water partition coefficient (Wildman–Crippen LogP) is 2.14. The van der Waals surface area contributed by atoms with E-state index in [4.69, 9.17) is 11.6 Å². The van der Waals surface area contributed by atoms with Crippen molar-refractivity contribution in [3.8, 4) is 5.82 Å². The maximum atomic E-state index is 12.9. The van der Waals surface area contributed by atoms with Gasteiger partial charge >= 0.3 is 0 Å². The molecule has 4 rings (SSSR count). The summed E-state index contributed by atoms with van der Waals surface area (Å²) < 4.78 is 29.0. The number of halogens is 1. The number of anilines is 1. The minimum atomic E-state index is -3.56. The number of benzene rings is 1. The van der Waals surface area contributed by atoms with Gasteiger partial charge < -0.3 is 4.90 Å². The SMILES string of the molecule is Cc1nc(N2CCN(S(=O)(=O)c3cccc(Cl)c3)CC2)cc(-n2ccnc2)n1. The monoisotopic (exact) mass is 418 g/mol. The van der Waals surface area contributed by atoms with Crippen LogP contribution in [0.3, 0.4) is 0 Å². The molecule has 2 aromatic heterocycles. The van der Waals surface area contributed by atoms with Crippen molar-refractivity contribution in [2.45, 2.75) is 11.8 Å². The van der Waals surface area contributed by atoms with E-state index in [9.17, 15) is 8.42 Å². The van der Waals surface area contributed by atoms with Crippen LogP contribution in [0.25, 0.3) is 5.82 Å². The van der Waals surface area contributed by atoms with E-state index in [1.54, 1.807) is 30.7 Å². The van der Waals surface area contributed by atoms with Crippen molar-refractivity contribution in [3.05, 3.63) is 59.9 Å².